The number of rotatable bonds is 7. The van der Waals surface area contributed by atoms with Crippen molar-refractivity contribution in [2.24, 2.45) is 0 Å². The lowest BCUT2D eigenvalue weighted by molar-refractivity contribution is -0.119. The molecule has 35 heavy (non-hydrogen) atoms. The maximum atomic E-state index is 13.5. The van der Waals surface area contributed by atoms with E-state index in [0.717, 1.165) is 59.9 Å². The van der Waals surface area contributed by atoms with Gasteiger partial charge in [-0.25, -0.2) is 4.98 Å². The summed E-state index contributed by atoms with van der Waals surface area (Å²) in [7, 11) is 0. The highest BCUT2D eigenvalue weighted by atomic mass is 32.1. The summed E-state index contributed by atoms with van der Waals surface area (Å²) < 4.78 is 6.43. The maximum Gasteiger partial charge on any atom is 0.262 e. The van der Waals surface area contributed by atoms with Gasteiger partial charge in [-0.05, 0) is 55.7 Å². The number of imide groups is 1. The molecule has 2 aliphatic heterocycles. The molecule has 5 rings (SSSR count). The zero-order valence-corrected chi connectivity index (χ0v) is 20.8. The standard InChI is InChI=1S/C26H28N4O4S/c1-17-14-21-22(15-18(17)2)35-26(27-21)29(9-5-8-28-10-12-34-13-11-28)23(31)16-30-24(32)19-6-3-4-7-20(19)25(30)33/h3-4,6-7,14-15H,5,8-13,16H2,1-2H3. The number of carbonyl (C=O) groups is 3. The van der Waals surface area contributed by atoms with Crippen molar-refractivity contribution < 1.29 is 19.1 Å². The van der Waals surface area contributed by atoms with E-state index in [0.29, 0.717) is 22.8 Å². The topological polar surface area (TPSA) is 83.1 Å². The fourth-order valence-electron chi connectivity index (χ4n) is 4.49. The van der Waals surface area contributed by atoms with E-state index in [1.165, 1.54) is 16.9 Å². The van der Waals surface area contributed by atoms with Crippen LogP contribution in [0.1, 0.15) is 38.3 Å². The van der Waals surface area contributed by atoms with Crippen molar-refractivity contribution >= 4 is 44.4 Å². The van der Waals surface area contributed by atoms with E-state index in [-0.39, 0.29) is 12.5 Å². The molecule has 3 amide bonds. The zero-order chi connectivity index (χ0) is 24.5. The van der Waals surface area contributed by atoms with E-state index in [4.69, 9.17) is 9.72 Å². The first-order valence-electron chi connectivity index (χ1n) is 11.9. The van der Waals surface area contributed by atoms with Crippen LogP contribution in [0.15, 0.2) is 36.4 Å². The molecule has 0 N–H and O–H groups in total. The number of nitrogens with zero attached hydrogens (tertiary/aromatic N) is 4. The molecule has 0 saturated carbocycles. The molecule has 182 valence electrons. The number of anilines is 1. The molecule has 3 aromatic rings. The van der Waals surface area contributed by atoms with Crippen molar-refractivity contribution in [2.75, 3.05) is 50.8 Å². The monoisotopic (exact) mass is 492 g/mol. The van der Waals surface area contributed by atoms with Gasteiger partial charge in [0.05, 0.1) is 34.6 Å². The Bertz CT molecular complexity index is 1220. The number of aryl methyl sites for hydroxylation is 2. The molecule has 2 aromatic carbocycles. The van der Waals surface area contributed by atoms with Gasteiger partial charge in [-0.1, -0.05) is 23.5 Å². The molecule has 1 saturated heterocycles. The van der Waals surface area contributed by atoms with E-state index in [1.54, 1.807) is 29.2 Å². The van der Waals surface area contributed by atoms with E-state index >= 15 is 0 Å². The van der Waals surface area contributed by atoms with Crippen LogP contribution >= 0.6 is 11.3 Å². The van der Waals surface area contributed by atoms with Crippen LogP contribution in [-0.4, -0.2) is 78.4 Å². The van der Waals surface area contributed by atoms with Gasteiger partial charge in [0, 0.05) is 26.2 Å². The first-order chi connectivity index (χ1) is 16.9. The average Bonchev–Trinajstić information content (AvgIpc) is 3.36. The highest BCUT2D eigenvalue weighted by molar-refractivity contribution is 7.22. The van der Waals surface area contributed by atoms with Crippen molar-refractivity contribution in [1.29, 1.82) is 0 Å². The van der Waals surface area contributed by atoms with Gasteiger partial charge in [-0.3, -0.25) is 29.1 Å². The molecular weight excluding hydrogens is 464 g/mol. The number of hydrogen-bond acceptors (Lipinski definition) is 7. The lowest BCUT2D eigenvalue weighted by atomic mass is 10.1. The molecule has 2 aliphatic rings. The number of hydrogen-bond donors (Lipinski definition) is 0. The van der Waals surface area contributed by atoms with Gasteiger partial charge in [0.15, 0.2) is 5.13 Å². The Morgan fingerprint density at radius 3 is 2.40 bits per heavy atom. The number of amides is 3. The van der Waals surface area contributed by atoms with Crippen LogP contribution in [0.4, 0.5) is 5.13 Å². The van der Waals surface area contributed by atoms with Crippen molar-refractivity contribution in [2.45, 2.75) is 20.3 Å². The second-order valence-corrected chi connectivity index (χ2v) is 10.0. The third-order valence-electron chi connectivity index (χ3n) is 6.66. The predicted molar refractivity (Wildman–Crippen MR) is 135 cm³/mol. The smallest absolute Gasteiger partial charge is 0.262 e. The molecule has 0 radical (unpaired) electrons. The summed E-state index contributed by atoms with van der Waals surface area (Å²) in [6, 6.07) is 10.8. The van der Waals surface area contributed by atoms with Gasteiger partial charge in [-0.2, -0.15) is 0 Å². The van der Waals surface area contributed by atoms with Gasteiger partial charge in [0.2, 0.25) is 5.91 Å². The van der Waals surface area contributed by atoms with Crippen LogP contribution in [0.5, 0.6) is 0 Å². The van der Waals surface area contributed by atoms with Crippen molar-refractivity contribution in [3.63, 3.8) is 0 Å². The Hall–Kier alpha value is -3.14. The van der Waals surface area contributed by atoms with Gasteiger partial charge < -0.3 is 4.74 Å². The largest absolute Gasteiger partial charge is 0.379 e. The molecule has 1 fully saturated rings. The minimum absolute atomic E-state index is 0.308. The first kappa shape index (κ1) is 23.6. The summed E-state index contributed by atoms with van der Waals surface area (Å²) >= 11 is 1.46. The van der Waals surface area contributed by atoms with Crippen molar-refractivity contribution in [3.05, 3.63) is 58.7 Å². The summed E-state index contributed by atoms with van der Waals surface area (Å²) in [5, 5.41) is 0.591. The fourth-order valence-corrected chi connectivity index (χ4v) is 5.58. The van der Waals surface area contributed by atoms with Crippen LogP contribution in [-0.2, 0) is 9.53 Å². The highest BCUT2D eigenvalue weighted by Gasteiger charge is 2.37. The van der Waals surface area contributed by atoms with Crippen LogP contribution in [0.2, 0.25) is 0 Å². The molecule has 1 aromatic heterocycles. The third kappa shape index (κ3) is 4.71. The van der Waals surface area contributed by atoms with Crippen LogP contribution in [0, 0.1) is 13.8 Å². The Morgan fingerprint density at radius 1 is 1.06 bits per heavy atom. The van der Waals surface area contributed by atoms with Crippen LogP contribution in [0.25, 0.3) is 10.2 Å². The SMILES string of the molecule is Cc1cc2nc(N(CCCN3CCOCC3)C(=O)CN3C(=O)c4ccccc4C3=O)sc2cc1C. The lowest BCUT2D eigenvalue weighted by Gasteiger charge is -2.28. The number of aromatic nitrogens is 1. The fraction of sp³-hybridized carbons (Fsp3) is 0.385. The van der Waals surface area contributed by atoms with Crippen molar-refractivity contribution in [3.8, 4) is 0 Å². The zero-order valence-electron chi connectivity index (χ0n) is 20.0. The Kier molecular flexibility index (Phi) is 6.64. The molecule has 3 heterocycles. The third-order valence-corrected chi connectivity index (χ3v) is 7.70. The summed E-state index contributed by atoms with van der Waals surface area (Å²) in [6.45, 7) is 8.28. The molecule has 0 aliphatic carbocycles. The van der Waals surface area contributed by atoms with Crippen molar-refractivity contribution in [1.82, 2.24) is 14.8 Å². The molecular formula is C26H28N4O4S. The normalized spacial score (nSPS) is 16.2. The van der Waals surface area contributed by atoms with Crippen LogP contribution in [0.3, 0.4) is 0 Å². The number of benzene rings is 2. The summed E-state index contributed by atoms with van der Waals surface area (Å²) in [4.78, 5) is 49.0. The number of fused-ring (bicyclic) bond motifs is 2. The maximum absolute atomic E-state index is 13.5. The summed E-state index contributed by atoms with van der Waals surface area (Å²) in [5.41, 5.74) is 3.85. The lowest BCUT2D eigenvalue weighted by Crippen LogP contribution is -2.44. The highest BCUT2D eigenvalue weighted by Crippen LogP contribution is 2.31. The van der Waals surface area contributed by atoms with E-state index in [2.05, 4.69) is 17.9 Å². The molecule has 0 atom stereocenters. The minimum atomic E-state index is -0.428. The second-order valence-electron chi connectivity index (χ2n) is 9.00. The average molecular weight is 493 g/mol. The quantitative estimate of drug-likeness (QED) is 0.471. The molecule has 0 unspecified atom stereocenters. The van der Waals surface area contributed by atoms with Crippen LogP contribution < -0.4 is 4.90 Å². The Morgan fingerprint density at radius 2 is 1.71 bits per heavy atom. The second kappa shape index (κ2) is 9.85. The first-order valence-corrected chi connectivity index (χ1v) is 12.7. The summed E-state index contributed by atoms with van der Waals surface area (Å²) in [6.07, 6.45) is 0.752. The number of carbonyl (C=O) groups excluding carboxylic acids is 3. The Labute approximate surface area is 208 Å². The van der Waals surface area contributed by atoms with Gasteiger partial charge in [-0.15, -0.1) is 0 Å². The van der Waals surface area contributed by atoms with Gasteiger partial charge >= 0.3 is 0 Å². The number of ether oxygens (including phenoxy) is 1. The summed E-state index contributed by atoms with van der Waals surface area (Å²) in [5.74, 6) is -1.17. The van der Waals surface area contributed by atoms with E-state index in [9.17, 15) is 14.4 Å². The number of thiazole rings is 1. The van der Waals surface area contributed by atoms with Gasteiger partial charge in [0.1, 0.15) is 6.54 Å². The minimum Gasteiger partial charge on any atom is -0.379 e. The molecule has 9 heteroatoms. The van der Waals surface area contributed by atoms with E-state index < -0.39 is 11.8 Å². The van der Waals surface area contributed by atoms with Gasteiger partial charge in [0.25, 0.3) is 11.8 Å². The van der Waals surface area contributed by atoms with E-state index in [1.807, 2.05) is 13.0 Å². The Balaban J connectivity index is 1.38. The molecule has 8 nitrogen and oxygen atoms in total. The molecule has 0 bridgehead atoms. The molecule has 0 spiro atoms. The number of morpholine rings is 1. The predicted octanol–water partition coefficient (Wildman–Crippen LogP) is 3.26.